The van der Waals surface area contributed by atoms with Crippen molar-refractivity contribution < 1.29 is 14.6 Å². The zero-order valence-corrected chi connectivity index (χ0v) is 9.62. The van der Waals surface area contributed by atoms with Gasteiger partial charge in [-0.2, -0.15) is 0 Å². The number of aliphatic hydroxyl groups is 1. The second-order valence-electron chi connectivity index (χ2n) is 4.10. The third kappa shape index (κ3) is 1.86. The lowest BCUT2D eigenvalue weighted by Crippen LogP contribution is -2.40. The number of ether oxygens (including phenoxy) is 2. The van der Waals surface area contributed by atoms with Crippen LogP contribution in [0.1, 0.15) is 12.5 Å². The molecule has 1 aliphatic heterocycles. The van der Waals surface area contributed by atoms with Crippen molar-refractivity contribution in [2.45, 2.75) is 12.5 Å². The highest BCUT2D eigenvalue weighted by Gasteiger charge is 2.25. The molecule has 88 valence electrons. The quantitative estimate of drug-likeness (QED) is 0.799. The standard InChI is InChI=1S/C12H17NO3/c1-12(8-14,13-2)9-3-4-10-11(7-9)16-6-5-15-10/h3-4,7,13-14H,5-6,8H2,1-2H3. The summed E-state index contributed by atoms with van der Waals surface area (Å²) in [4.78, 5) is 0. The maximum atomic E-state index is 9.41. The number of nitrogens with one attached hydrogen (secondary N) is 1. The highest BCUT2D eigenvalue weighted by Crippen LogP contribution is 2.34. The summed E-state index contributed by atoms with van der Waals surface area (Å²) in [7, 11) is 1.83. The predicted molar refractivity (Wildman–Crippen MR) is 60.9 cm³/mol. The summed E-state index contributed by atoms with van der Waals surface area (Å²) >= 11 is 0. The van der Waals surface area contributed by atoms with E-state index in [4.69, 9.17) is 9.47 Å². The first kappa shape index (κ1) is 11.2. The minimum Gasteiger partial charge on any atom is -0.486 e. The number of likely N-dealkylation sites (N-methyl/N-ethyl adjacent to an activating group) is 1. The molecule has 1 aliphatic rings. The van der Waals surface area contributed by atoms with Gasteiger partial charge in [-0.1, -0.05) is 6.07 Å². The second kappa shape index (κ2) is 4.31. The maximum absolute atomic E-state index is 9.41. The molecule has 4 nitrogen and oxygen atoms in total. The Hall–Kier alpha value is -1.26. The van der Waals surface area contributed by atoms with Gasteiger partial charge < -0.3 is 19.9 Å². The van der Waals surface area contributed by atoms with Gasteiger partial charge in [-0.25, -0.2) is 0 Å². The van der Waals surface area contributed by atoms with Crippen LogP contribution in [0.4, 0.5) is 0 Å². The molecule has 0 spiro atoms. The third-order valence-electron chi connectivity index (χ3n) is 3.05. The summed E-state index contributed by atoms with van der Waals surface area (Å²) in [6, 6.07) is 5.75. The Bertz CT molecular complexity index is 375. The molecule has 1 atom stereocenters. The maximum Gasteiger partial charge on any atom is 0.161 e. The van der Waals surface area contributed by atoms with Crippen molar-refractivity contribution in [2.24, 2.45) is 0 Å². The fourth-order valence-corrected chi connectivity index (χ4v) is 1.70. The molecule has 1 unspecified atom stereocenters. The number of hydrogen-bond acceptors (Lipinski definition) is 4. The minimum absolute atomic E-state index is 0.0309. The van der Waals surface area contributed by atoms with E-state index in [2.05, 4.69) is 5.32 Å². The van der Waals surface area contributed by atoms with Crippen molar-refractivity contribution >= 4 is 0 Å². The molecule has 1 aromatic rings. The Kier molecular flexibility index (Phi) is 3.03. The van der Waals surface area contributed by atoms with E-state index in [0.717, 1.165) is 17.1 Å². The van der Waals surface area contributed by atoms with Crippen molar-refractivity contribution in [1.29, 1.82) is 0 Å². The van der Waals surface area contributed by atoms with Crippen LogP contribution in [0.5, 0.6) is 11.5 Å². The Labute approximate surface area is 95.2 Å². The van der Waals surface area contributed by atoms with Crippen molar-refractivity contribution in [3.05, 3.63) is 23.8 Å². The molecule has 4 heteroatoms. The smallest absolute Gasteiger partial charge is 0.161 e. The molecule has 0 fully saturated rings. The lowest BCUT2D eigenvalue weighted by Gasteiger charge is -2.29. The van der Waals surface area contributed by atoms with Crippen LogP contribution in [0.15, 0.2) is 18.2 Å². The van der Waals surface area contributed by atoms with E-state index in [1.807, 2.05) is 32.2 Å². The molecule has 1 heterocycles. The van der Waals surface area contributed by atoms with E-state index in [1.54, 1.807) is 0 Å². The summed E-state index contributed by atoms with van der Waals surface area (Å²) in [5.74, 6) is 1.52. The van der Waals surface area contributed by atoms with Gasteiger partial charge in [-0.05, 0) is 31.7 Å². The first-order valence-corrected chi connectivity index (χ1v) is 5.39. The van der Waals surface area contributed by atoms with Gasteiger partial charge in [-0.3, -0.25) is 0 Å². The van der Waals surface area contributed by atoms with Gasteiger partial charge in [0.1, 0.15) is 13.2 Å². The second-order valence-corrected chi connectivity index (χ2v) is 4.10. The monoisotopic (exact) mass is 223 g/mol. The molecule has 16 heavy (non-hydrogen) atoms. The fourth-order valence-electron chi connectivity index (χ4n) is 1.70. The average molecular weight is 223 g/mol. The van der Waals surface area contributed by atoms with Crippen LogP contribution in [0.2, 0.25) is 0 Å². The minimum atomic E-state index is -0.449. The van der Waals surface area contributed by atoms with Crippen LogP contribution in [-0.4, -0.2) is 32.0 Å². The Morgan fingerprint density at radius 1 is 1.31 bits per heavy atom. The van der Waals surface area contributed by atoms with Crippen LogP contribution in [0.3, 0.4) is 0 Å². The molecule has 0 radical (unpaired) electrons. The van der Waals surface area contributed by atoms with Crippen LogP contribution < -0.4 is 14.8 Å². The van der Waals surface area contributed by atoms with E-state index in [0.29, 0.717) is 13.2 Å². The molecule has 0 saturated heterocycles. The lowest BCUT2D eigenvalue weighted by atomic mass is 9.93. The topological polar surface area (TPSA) is 50.7 Å². The van der Waals surface area contributed by atoms with Crippen molar-refractivity contribution in [3.8, 4) is 11.5 Å². The molecule has 0 bridgehead atoms. The largest absolute Gasteiger partial charge is 0.486 e. The third-order valence-corrected chi connectivity index (χ3v) is 3.05. The molecule has 2 rings (SSSR count). The first-order chi connectivity index (χ1) is 7.69. The van der Waals surface area contributed by atoms with Gasteiger partial charge in [-0.15, -0.1) is 0 Å². The fraction of sp³-hybridized carbons (Fsp3) is 0.500. The van der Waals surface area contributed by atoms with Crippen LogP contribution in [-0.2, 0) is 5.54 Å². The highest BCUT2D eigenvalue weighted by molar-refractivity contribution is 5.45. The SMILES string of the molecule is CNC(C)(CO)c1ccc2c(c1)OCCO2. The van der Waals surface area contributed by atoms with Crippen molar-refractivity contribution in [1.82, 2.24) is 5.32 Å². The molecule has 0 aromatic heterocycles. The molecule has 0 saturated carbocycles. The Morgan fingerprint density at radius 3 is 2.62 bits per heavy atom. The zero-order chi connectivity index (χ0) is 11.6. The summed E-state index contributed by atoms with van der Waals surface area (Å²) in [6.45, 7) is 3.14. The van der Waals surface area contributed by atoms with Crippen molar-refractivity contribution in [2.75, 3.05) is 26.9 Å². The summed E-state index contributed by atoms with van der Waals surface area (Å²) in [6.07, 6.45) is 0. The van der Waals surface area contributed by atoms with Gasteiger partial charge in [0.15, 0.2) is 11.5 Å². The van der Waals surface area contributed by atoms with Gasteiger partial charge >= 0.3 is 0 Å². The zero-order valence-electron chi connectivity index (χ0n) is 9.62. The van der Waals surface area contributed by atoms with Gasteiger partial charge in [0, 0.05) is 0 Å². The van der Waals surface area contributed by atoms with E-state index < -0.39 is 5.54 Å². The normalized spacial score (nSPS) is 17.9. The Balaban J connectivity index is 2.36. The Morgan fingerprint density at radius 2 is 2.00 bits per heavy atom. The van der Waals surface area contributed by atoms with Crippen LogP contribution in [0.25, 0.3) is 0 Å². The molecular weight excluding hydrogens is 206 g/mol. The van der Waals surface area contributed by atoms with Gasteiger partial charge in [0.25, 0.3) is 0 Å². The van der Waals surface area contributed by atoms with E-state index in [1.165, 1.54) is 0 Å². The molecule has 0 aliphatic carbocycles. The van der Waals surface area contributed by atoms with Gasteiger partial charge in [0.05, 0.1) is 12.1 Å². The summed E-state index contributed by atoms with van der Waals surface area (Å²) in [5.41, 5.74) is 0.539. The highest BCUT2D eigenvalue weighted by atomic mass is 16.6. The van der Waals surface area contributed by atoms with Crippen LogP contribution in [0, 0.1) is 0 Å². The van der Waals surface area contributed by atoms with Crippen LogP contribution >= 0.6 is 0 Å². The number of rotatable bonds is 3. The molecule has 1 aromatic carbocycles. The van der Waals surface area contributed by atoms with E-state index >= 15 is 0 Å². The van der Waals surface area contributed by atoms with E-state index in [9.17, 15) is 5.11 Å². The van der Waals surface area contributed by atoms with Gasteiger partial charge in [0.2, 0.25) is 0 Å². The van der Waals surface area contributed by atoms with E-state index in [-0.39, 0.29) is 6.61 Å². The number of fused-ring (bicyclic) bond motifs is 1. The average Bonchev–Trinajstić information content (AvgIpc) is 2.37. The summed E-state index contributed by atoms with van der Waals surface area (Å²) in [5, 5.41) is 12.5. The molecular formula is C12H17NO3. The number of aliphatic hydroxyl groups excluding tert-OH is 1. The number of benzene rings is 1. The first-order valence-electron chi connectivity index (χ1n) is 5.39. The number of hydrogen-bond donors (Lipinski definition) is 2. The summed E-state index contributed by atoms with van der Waals surface area (Å²) < 4.78 is 11.0. The molecule has 2 N–H and O–H groups in total. The molecule has 0 amide bonds. The lowest BCUT2D eigenvalue weighted by molar-refractivity contribution is 0.167. The predicted octanol–water partition coefficient (Wildman–Crippen LogP) is 0.885. The van der Waals surface area contributed by atoms with Crippen molar-refractivity contribution in [3.63, 3.8) is 0 Å².